The summed E-state index contributed by atoms with van der Waals surface area (Å²) in [5.74, 6) is 0. The summed E-state index contributed by atoms with van der Waals surface area (Å²) in [6, 6.07) is 10.1. The molecule has 0 saturated carbocycles. The largest absolute Gasteiger partial charge is 0.478 e. The van der Waals surface area contributed by atoms with E-state index in [1.54, 1.807) is 7.11 Å². The number of benzene rings is 1. The quantitative estimate of drug-likeness (QED) is 0.542. The van der Waals surface area contributed by atoms with Crippen molar-refractivity contribution in [1.29, 1.82) is 0 Å². The first-order valence-electron chi connectivity index (χ1n) is 8.39. The third-order valence-corrected chi connectivity index (χ3v) is 18.3. The molecule has 140 valence electrons. The van der Waals surface area contributed by atoms with E-state index in [1.165, 1.54) is 0 Å². The van der Waals surface area contributed by atoms with Crippen LogP contribution in [0.3, 0.4) is 0 Å². The van der Waals surface area contributed by atoms with Crippen molar-refractivity contribution in [2.75, 3.05) is 7.11 Å². The zero-order valence-electron chi connectivity index (χ0n) is 16.6. The van der Waals surface area contributed by atoms with Gasteiger partial charge in [0.15, 0.2) is 8.32 Å². The molecule has 1 aromatic carbocycles. The molecule has 1 aromatic rings. The van der Waals surface area contributed by atoms with Gasteiger partial charge in [-0.2, -0.15) is 0 Å². The fourth-order valence-electron chi connectivity index (χ4n) is 2.40. The maximum atomic E-state index is 6.62. The molecule has 0 aliphatic heterocycles. The lowest BCUT2D eigenvalue weighted by atomic mass is 10.4. The van der Waals surface area contributed by atoms with Gasteiger partial charge >= 0.3 is 17.4 Å². The smallest absolute Gasteiger partial charge is 0.430 e. The highest BCUT2D eigenvalue weighted by Gasteiger charge is 2.50. The van der Waals surface area contributed by atoms with Gasteiger partial charge in [0, 0.05) is 13.7 Å². The van der Waals surface area contributed by atoms with Crippen LogP contribution in [-0.2, 0) is 16.8 Å². The van der Waals surface area contributed by atoms with E-state index in [1.807, 2.05) is 36.1 Å². The third kappa shape index (κ3) is 6.57. The number of rotatable bonds is 10. The topological polar surface area (TPSA) is 36.9 Å². The molecule has 2 unspecified atom stereocenters. The van der Waals surface area contributed by atoms with Crippen molar-refractivity contribution in [1.82, 2.24) is 0 Å². The van der Waals surface area contributed by atoms with E-state index in [0.717, 1.165) is 5.19 Å². The Morgan fingerprint density at radius 2 is 1.24 bits per heavy atom. The van der Waals surface area contributed by atoms with Gasteiger partial charge in [-0.1, -0.05) is 41.7 Å². The van der Waals surface area contributed by atoms with Crippen LogP contribution in [0.1, 0.15) is 0 Å². The summed E-state index contributed by atoms with van der Waals surface area (Å²) < 4.78 is 25.3. The van der Waals surface area contributed by atoms with Gasteiger partial charge in [0.2, 0.25) is 8.32 Å². The highest BCUT2D eigenvalue weighted by Crippen LogP contribution is 2.25. The molecule has 4 nitrogen and oxygen atoms in total. The van der Waals surface area contributed by atoms with Gasteiger partial charge in [0.25, 0.3) is 0 Å². The van der Waals surface area contributed by atoms with E-state index in [-0.39, 0.29) is 0 Å². The van der Waals surface area contributed by atoms with E-state index >= 15 is 0 Å². The van der Waals surface area contributed by atoms with Gasteiger partial charge in [-0.3, -0.25) is 0 Å². The van der Waals surface area contributed by atoms with Crippen LogP contribution in [0.5, 0.6) is 0 Å². The second-order valence-electron chi connectivity index (χ2n) is 7.30. The third-order valence-electron chi connectivity index (χ3n) is 3.94. The monoisotopic (exact) mass is 412 g/mol. The highest BCUT2D eigenvalue weighted by atomic mass is 28.5. The molecule has 0 saturated heterocycles. The van der Waals surface area contributed by atoms with Crippen LogP contribution in [0.2, 0.25) is 39.3 Å². The van der Waals surface area contributed by atoms with Gasteiger partial charge < -0.3 is 16.8 Å². The van der Waals surface area contributed by atoms with Gasteiger partial charge in [0.05, 0.1) is 0 Å². The maximum absolute atomic E-state index is 6.62. The van der Waals surface area contributed by atoms with Gasteiger partial charge in [-0.25, -0.2) is 0 Å². The molecule has 0 fully saturated rings. The second kappa shape index (κ2) is 8.40. The average Bonchev–Trinajstić information content (AvgIpc) is 2.54. The van der Waals surface area contributed by atoms with Crippen molar-refractivity contribution in [3.8, 4) is 0 Å². The van der Waals surface area contributed by atoms with Crippen molar-refractivity contribution in [2.45, 2.75) is 39.3 Å². The van der Waals surface area contributed by atoms with Gasteiger partial charge in [-0.15, -0.1) is 13.2 Å². The summed E-state index contributed by atoms with van der Waals surface area (Å²) in [6.45, 7) is 20.2. The molecule has 0 spiro atoms. The van der Waals surface area contributed by atoms with Crippen LogP contribution in [0, 0.1) is 0 Å². The SMILES string of the molecule is C=C[Si](C)(C)O[Si](C)(OC)O[Si](C)(O[Si](C)(C)C=C)c1ccccc1. The van der Waals surface area contributed by atoms with Crippen molar-refractivity contribution < 1.29 is 16.8 Å². The molecule has 25 heavy (non-hydrogen) atoms. The summed E-state index contributed by atoms with van der Waals surface area (Å²) >= 11 is 0. The van der Waals surface area contributed by atoms with Crippen LogP contribution < -0.4 is 5.19 Å². The molecule has 0 aliphatic rings. The van der Waals surface area contributed by atoms with Crippen LogP contribution in [0.4, 0.5) is 0 Å². The maximum Gasteiger partial charge on any atom is 0.478 e. The van der Waals surface area contributed by atoms with Crippen molar-refractivity contribution in [2.24, 2.45) is 0 Å². The Bertz CT molecular complexity index is 594. The van der Waals surface area contributed by atoms with E-state index in [2.05, 4.69) is 58.0 Å². The zero-order chi connectivity index (χ0) is 19.4. The first-order chi connectivity index (χ1) is 11.4. The van der Waals surface area contributed by atoms with Crippen molar-refractivity contribution in [3.05, 3.63) is 54.9 Å². The van der Waals surface area contributed by atoms with E-state index in [4.69, 9.17) is 16.8 Å². The first-order valence-corrected chi connectivity index (χ1v) is 18.9. The summed E-state index contributed by atoms with van der Waals surface area (Å²) in [7, 11) is -8.15. The number of hydrogen-bond acceptors (Lipinski definition) is 4. The molecule has 0 amide bonds. The highest BCUT2D eigenvalue weighted by molar-refractivity contribution is 6.95. The lowest BCUT2D eigenvalue weighted by Gasteiger charge is -2.41. The summed E-state index contributed by atoms with van der Waals surface area (Å²) in [5, 5.41) is 1.06. The minimum Gasteiger partial charge on any atom is -0.430 e. The predicted molar refractivity (Wildman–Crippen MR) is 115 cm³/mol. The Morgan fingerprint density at radius 1 is 0.760 bits per heavy atom. The summed E-state index contributed by atoms with van der Waals surface area (Å²) in [5.41, 5.74) is 3.82. The van der Waals surface area contributed by atoms with Crippen LogP contribution in [-0.4, -0.2) is 41.1 Å². The zero-order valence-corrected chi connectivity index (χ0v) is 20.6. The van der Waals surface area contributed by atoms with Crippen LogP contribution in [0.25, 0.3) is 0 Å². The van der Waals surface area contributed by atoms with Crippen molar-refractivity contribution in [3.63, 3.8) is 0 Å². The average molecular weight is 413 g/mol. The molecule has 0 heterocycles. The minimum atomic E-state index is -2.90. The van der Waals surface area contributed by atoms with E-state index in [9.17, 15) is 0 Å². The summed E-state index contributed by atoms with van der Waals surface area (Å²) in [6.07, 6.45) is 0. The fraction of sp³-hybridized carbons (Fsp3) is 0.412. The van der Waals surface area contributed by atoms with Crippen molar-refractivity contribution >= 4 is 39.2 Å². The molecule has 0 N–H and O–H groups in total. The first kappa shape index (κ1) is 22.4. The predicted octanol–water partition coefficient (Wildman–Crippen LogP) is 4.09. The Morgan fingerprint density at radius 3 is 1.68 bits per heavy atom. The Balaban J connectivity index is 3.28. The lowest BCUT2D eigenvalue weighted by Crippen LogP contribution is -2.64. The molecule has 8 heteroatoms. The molecule has 0 bridgehead atoms. The molecule has 0 aromatic heterocycles. The van der Waals surface area contributed by atoms with E-state index in [0.29, 0.717) is 0 Å². The molecule has 1 rings (SSSR count). The Kier molecular flexibility index (Phi) is 7.54. The molecule has 0 aliphatic carbocycles. The number of hydrogen-bond donors (Lipinski definition) is 0. The van der Waals surface area contributed by atoms with Gasteiger partial charge in [0.1, 0.15) is 0 Å². The minimum absolute atomic E-state index is 1.06. The molecule has 2 atom stereocenters. The molecular weight excluding hydrogens is 381 g/mol. The Labute approximate surface area is 157 Å². The van der Waals surface area contributed by atoms with Crippen LogP contribution in [0.15, 0.2) is 54.9 Å². The van der Waals surface area contributed by atoms with Gasteiger partial charge in [-0.05, 0) is 37.9 Å². The lowest BCUT2D eigenvalue weighted by molar-refractivity contribution is 0.194. The fourth-order valence-corrected chi connectivity index (χ4v) is 17.2. The molecular formula is C17H32O4Si4. The standard InChI is InChI=1S/C17H32O4Si4/c1-10-22(4,5)19-24(8,17-15-13-12-14-16-17)21-25(9,18-3)20-23(6,7)11-2/h10-16H,1-2H2,3-9H3. The molecule has 0 radical (unpaired) electrons. The summed E-state index contributed by atoms with van der Waals surface area (Å²) in [4.78, 5) is 0. The second-order valence-corrected chi connectivity index (χ2v) is 21.6. The Hall–Kier alpha value is -0.592. The van der Waals surface area contributed by atoms with E-state index < -0.39 is 34.0 Å². The normalized spacial score (nSPS) is 17.4. The van der Waals surface area contributed by atoms with Crippen LogP contribution >= 0.6 is 0 Å².